The van der Waals surface area contributed by atoms with Crippen LogP contribution in [0.1, 0.15) is 12.8 Å². The second-order valence-corrected chi connectivity index (χ2v) is 6.17. The van der Waals surface area contributed by atoms with Crippen molar-refractivity contribution in [3.8, 4) is 11.4 Å². The molecular weight excluding hydrogens is 303 g/mol. The number of nitrogens with one attached hydrogen (secondary N) is 1. The Morgan fingerprint density at radius 3 is 2.95 bits per heavy atom. The summed E-state index contributed by atoms with van der Waals surface area (Å²) in [6.07, 6.45) is 1.60. The summed E-state index contributed by atoms with van der Waals surface area (Å²) in [4.78, 5) is 1.24. The maximum atomic E-state index is 14.0. The molecule has 1 aromatic carbocycles. The summed E-state index contributed by atoms with van der Waals surface area (Å²) < 4.78 is 18.0. The van der Waals surface area contributed by atoms with Gasteiger partial charge in [0.1, 0.15) is 18.5 Å². The van der Waals surface area contributed by atoms with Crippen LogP contribution in [0.4, 0.5) is 4.39 Å². The highest BCUT2D eigenvalue weighted by Gasteiger charge is 2.23. The number of hydrogen-bond acceptors (Lipinski definition) is 3. The van der Waals surface area contributed by atoms with Gasteiger partial charge in [-0.3, -0.25) is 0 Å². The summed E-state index contributed by atoms with van der Waals surface area (Å²) in [5, 5.41) is 14.3. The summed E-state index contributed by atoms with van der Waals surface area (Å²) in [5.74, 6) is 0.221. The van der Waals surface area contributed by atoms with E-state index in [1.807, 2.05) is 0 Å². The predicted octanol–water partition coefficient (Wildman–Crippen LogP) is 0.754. The van der Waals surface area contributed by atoms with Gasteiger partial charge in [-0.15, -0.1) is 5.10 Å². The molecule has 1 fully saturated rings. The van der Waals surface area contributed by atoms with Crippen molar-refractivity contribution < 1.29 is 14.4 Å². The van der Waals surface area contributed by atoms with Crippen LogP contribution < -0.4 is 4.90 Å². The zero-order valence-electron chi connectivity index (χ0n) is 12.5. The van der Waals surface area contributed by atoms with Crippen LogP contribution in [-0.4, -0.2) is 38.6 Å². The molecule has 0 bridgehead atoms. The van der Waals surface area contributed by atoms with Crippen LogP contribution in [0.2, 0.25) is 0 Å². The minimum absolute atomic E-state index is 0.257. The average Bonchev–Trinajstić information content (AvgIpc) is 2.76. The number of aliphatic hydroxyl groups excluding tert-OH is 1. The summed E-state index contributed by atoms with van der Waals surface area (Å²) in [6, 6.07) is 6.56. The summed E-state index contributed by atoms with van der Waals surface area (Å²) in [6.45, 7) is 2.29. The monoisotopic (exact) mass is 323 g/mol. The van der Waals surface area contributed by atoms with Gasteiger partial charge in [-0.1, -0.05) is 12.1 Å². The third-order valence-corrected chi connectivity index (χ3v) is 4.61. The first-order chi connectivity index (χ1) is 10.6. The molecule has 1 aromatic heterocycles. The lowest BCUT2D eigenvalue weighted by Gasteiger charge is -2.26. The molecule has 0 spiro atoms. The number of quaternary nitrogens is 1. The van der Waals surface area contributed by atoms with Gasteiger partial charge in [0.25, 0.3) is 0 Å². The van der Waals surface area contributed by atoms with Crippen LogP contribution >= 0.6 is 12.2 Å². The van der Waals surface area contributed by atoms with Crippen molar-refractivity contribution in [2.45, 2.75) is 25.6 Å². The second-order valence-electron chi connectivity index (χ2n) is 5.80. The fraction of sp³-hybridized carbons (Fsp3) is 0.467. The van der Waals surface area contributed by atoms with Crippen LogP contribution in [0.5, 0.6) is 0 Å². The zero-order valence-corrected chi connectivity index (χ0v) is 13.3. The minimum Gasteiger partial charge on any atom is -0.387 e. The van der Waals surface area contributed by atoms with Gasteiger partial charge in [0.05, 0.1) is 12.1 Å². The Kier molecular flexibility index (Phi) is 4.37. The topological polar surface area (TPSA) is 47.4 Å². The SMILES string of the molecule is Cn1c(-c2ccccc2F)nn(C[NH+]2CCC[C@H](O)C2)c1=S. The van der Waals surface area contributed by atoms with Crippen LogP contribution in [-0.2, 0) is 13.7 Å². The van der Waals surface area contributed by atoms with Gasteiger partial charge in [0.15, 0.2) is 12.5 Å². The quantitative estimate of drug-likeness (QED) is 0.820. The van der Waals surface area contributed by atoms with Gasteiger partial charge in [-0.2, -0.15) is 4.68 Å². The van der Waals surface area contributed by atoms with E-state index in [4.69, 9.17) is 12.2 Å². The van der Waals surface area contributed by atoms with Gasteiger partial charge < -0.3 is 14.6 Å². The van der Waals surface area contributed by atoms with Crippen molar-refractivity contribution in [2.75, 3.05) is 13.1 Å². The molecule has 1 saturated heterocycles. The van der Waals surface area contributed by atoms with Crippen LogP contribution in [0.25, 0.3) is 11.4 Å². The number of aromatic nitrogens is 3. The molecule has 2 N–H and O–H groups in total. The molecule has 0 amide bonds. The van der Waals surface area contributed by atoms with Crippen molar-refractivity contribution in [2.24, 2.45) is 7.05 Å². The Morgan fingerprint density at radius 1 is 1.45 bits per heavy atom. The summed E-state index contributed by atoms with van der Waals surface area (Å²) in [7, 11) is 1.80. The molecule has 22 heavy (non-hydrogen) atoms. The molecule has 118 valence electrons. The lowest BCUT2D eigenvalue weighted by atomic mass is 10.1. The lowest BCUT2D eigenvalue weighted by Crippen LogP contribution is -3.13. The molecule has 2 atom stereocenters. The number of likely N-dealkylation sites (tertiary alicyclic amines) is 1. The van der Waals surface area contributed by atoms with Crippen molar-refractivity contribution in [1.29, 1.82) is 0 Å². The first kappa shape index (κ1) is 15.3. The van der Waals surface area contributed by atoms with Crippen molar-refractivity contribution >= 4 is 12.2 Å². The van der Waals surface area contributed by atoms with E-state index in [1.165, 1.54) is 11.0 Å². The maximum absolute atomic E-state index is 14.0. The van der Waals surface area contributed by atoms with E-state index < -0.39 is 0 Å². The molecular formula is C15H20FN4OS+. The van der Waals surface area contributed by atoms with Gasteiger partial charge in [-0.05, 0) is 37.2 Å². The number of halogens is 1. The Balaban J connectivity index is 1.90. The predicted molar refractivity (Wildman–Crippen MR) is 83.4 cm³/mol. The highest BCUT2D eigenvalue weighted by molar-refractivity contribution is 7.71. The molecule has 0 radical (unpaired) electrons. The van der Waals surface area contributed by atoms with E-state index in [-0.39, 0.29) is 11.9 Å². The molecule has 5 nitrogen and oxygen atoms in total. The Hall–Kier alpha value is -1.57. The standard InChI is InChI=1S/C15H19FN4OS/c1-18-14(12-6-2-3-7-13(12)16)17-20(15(18)22)10-19-8-4-5-11(21)9-19/h2-3,6-7,11,21H,4-5,8-10H2,1H3/p+1/t11-/m0/s1. The minimum atomic E-state index is -0.307. The number of piperidine rings is 1. The van der Waals surface area contributed by atoms with E-state index in [0.717, 1.165) is 19.4 Å². The van der Waals surface area contributed by atoms with Crippen molar-refractivity contribution in [1.82, 2.24) is 14.3 Å². The van der Waals surface area contributed by atoms with Gasteiger partial charge >= 0.3 is 0 Å². The number of rotatable bonds is 3. The Morgan fingerprint density at radius 2 is 2.23 bits per heavy atom. The van der Waals surface area contributed by atoms with E-state index >= 15 is 0 Å². The number of hydrogen-bond donors (Lipinski definition) is 2. The third-order valence-electron chi connectivity index (χ3n) is 4.12. The van der Waals surface area contributed by atoms with Crippen molar-refractivity contribution in [3.63, 3.8) is 0 Å². The summed E-state index contributed by atoms with van der Waals surface area (Å²) >= 11 is 5.42. The van der Waals surface area contributed by atoms with Gasteiger partial charge in [-0.25, -0.2) is 4.39 Å². The normalized spacial score (nSPS) is 22.0. The Labute approximate surface area is 133 Å². The molecule has 1 aliphatic rings. The molecule has 3 rings (SSSR count). The fourth-order valence-corrected chi connectivity index (χ4v) is 3.14. The molecule has 7 heteroatoms. The van der Waals surface area contributed by atoms with Crippen molar-refractivity contribution in [3.05, 3.63) is 34.9 Å². The summed E-state index contributed by atoms with van der Waals surface area (Å²) in [5.41, 5.74) is 0.448. The molecule has 0 aliphatic carbocycles. The number of benzene rings is 1. The van der Waals surface area contributed by atoms with Crippen LogP contribution in [0, 0.1) is 10.6 Å². The number of nitrogens with zero attached hydrogens (tertiary/aromatic N) is 3. The largest absolute Gasteiger partial charge is 0.387 e. The average molecular weight is 323 g/mol. The molecule has 2 aromatic rings. The first-order valence-electron chi connectivity index (χ1n) is 7.46. The first-order valence-corrected chi connectivity index (χ1v) is 7.87. The lowest BCUT2D eigenvalue weighted by molar-refractivity contribution is -0.931. The van der Waals surface area contributed by atoms with Gasteiger partial charge in [0, 0.05) is 7.05 Å². The van der Waals surface area contributed by atoms with Crippen LogP contribution in [0.15, 0.2) is 24.3 Å². The van der Waals surface area contributed by atoms with E-state index in [2.05, 4.69) is 5.10 Å². The van der Waals surface area contributed by atoms with Gasteiger partial charge in [0.2, 0.25) is 4.77 Å². The molecule has 2 heterocycles. The van der Waals surface area contributed by atoms with E-state index in [9.17, 15) is 9.50 Å². The number of aliphatic hydroxyl groups is 1. The Bertz CT molecular complexity index is 727. The highest BCUT2D eigenvalue weighted by atomic mass is 32.1. The highest BCUT2D eigenvalue weighted by Crippen LogP contribution is 2.20. The molecule has 0 saturated carbocycles. The van der Waals surface area contributed by atoms with E-state index in [1.54, 1.807) is 34.5 Å². The molecule has 1 aliphatic heterocycles. The molecule has 1 unspecified atom stereocenters. The van der Waals surface area contributed by atoms with E-state index in [0.29, 0.717) is 29.4 Å². The second kappa shape index (κ2) is 6.28. The van der Waals surface area contributed by atoms with Crippen LogP contribution in [0.3, 0.4) is 0 Å². The smallest absolute Gasteiger partial charge is 0.202 e. The zero-order chi connectivity index (χ0) is 15.7. The maximum Gasteiger partial charge on any atom is 0.202 e. The fourth-order valence-electron chi connectivity index (χ4n) is 2.95. The third kappa shape index (κ3) is 2.97.